The van der Waals surface area contributed by atoms with Crippen LogP contribution in [0, 0.1) is 6.92 Å². The normalized spacial score (nSPS) is 13.6. The lowest BCUT2D eigenvalue weighted by Crippen LogP contribution is -2.46. The van der Waals surface area contributed by atoms with E-state index in [2.05, 4.69) is 21.2 Å². The molecule has 2 aromatic rings. The largest absolute Gasteiger partial charge is 0.378 e. The minimum Gasteiger partial charge on any atom is -0.378 e. The van der Waals surface area contributed by atoms with Crippen molar-refractivity contribution in [2.45, 2.75) is 6.92 Å². The molecule has 3 rings (SSSR count). The number of aromatic nitrogens is 1. The Morgan fingerprint density at radius 3 is 2.60 bits per heavy atom. The molecule has 0 bridgehead atoms. The summed E-state index contributed by atoms with van der Waals surface area (Å²) in [5, 5.41) is 3.73. The van der Waals surface area contributed by atoms with E-state index in [1.807, 2.05) is 4.90 Å². The van der Waals surface area contributed by atoms with E-state index >= 15 is 0 Å². The summed E-state index contributed by atoms with van der Waals surface area (Å²) in [4.78, 5) is 43.3. The van der Waals surface area contributed by atoms with Crippen LogP contribution >= 0.6 is 34.5 Å². The average molecular weight is 472 g/mol. The van der Waals surface area contributed by atoms with E-state index in [1.54, 1.807) is 6.92 Å². The molecular weight excluding hydrogens is 453 g/mol. The molecule has 1 fully saturated rings. The molecule has 0 unspecified atom stereocenters. The number of hydrazine groups is 1. The van der Waals surface area contributed by atoms with E-state index in [4.69, 9.17) is 27.9 Å². The van der Waals surface area contributed by atoms with Crippen LogP contribution in [0.4, 0.5) is 5.13 Å². The standard InChI is InChI=1S/C18H19Cl2N5O4S/c1-10-15(30-18(22-10)25-4-6-29-7-5-25)17(28)24-23-14(26)9-21-16(27)12-3-2-11(19)8-13(12)20/h2-3,8H,4-7,9H2,1H3,(H,21,27)(H,23,26)(H,24,28). The number of amides is 3. The molecule has 0 saturated carbocycles. The van der Waals surface area contributed by atoms with Crippen molar-refractivity contribution in [1.82, 2.24) is 21.2 Å². The molecule has 1 aromatic heterocycles. The second-order valence-corrected chi connectivity index (χ2v) is 8.14. The lowest BCUT2D eigenvalue weighted by Gasteiger charge is -2.25. The molecule has 1 aliphatic rings. The fourth-order valence-corrected chi connectivity index (χ4v) is 4.15. The zero-order valence-electron chi connectivity index (χ0n) is 16.0. The van der Waals surface area contributed by atoms with Crippen molar-refractivity contribution in [1.29, 1.82) is 0 Å². The van der Waals surface area contributed by atoms with E-state index in [1.165, 1.54) is 29.5 Å². The Balaban J connectivity index is 1.49. The maximum absolute atomic E-state index is 12.4. The second-order valence-electron chi connectivity index (χ2n) is 6.32. The third-order valence-electron chi connectivity index (χ3n) is 4.17. The molecule has 2 heterocycles. The van der Waals surface area contributed by atoms with Gasteiger partial charge in [0.25, 0.3) is 17.7 Å². The van der Waals surface area contributed by atoms with Crippen molar-refractivity contribution < 1.29 is 19.1 Å². The van der Waals surface area contributed by atoms with Crippen LogP contribution in [-0.2, 0) is 9.53 Å². The van der Waals surface area contributed by atoms with Crippen molar-refractivity contribution in [3.8, 4) is 0 Å². The van der Waals surface area contributed by atoms with Gasteiger partial charge in [-0.3, -0.25) is 25.2 Å². The Bertz CT molecular complexity index is 962. The quantitative estimate of drug-likeness (QED) is 0.572. The highest BCUT2D eigenvalue weighted by Crippen LogP contribution is 2.26. The molecule has 0 aliphatic carbocycles. The van der Waals surface area contributed by atoms with Gasteiger partial charge in [-0.15, -0.1) is 0 Å². The van der Waals surface area contributed by atoms with Crippen LogP contribution < -0.4 is 21.1 Å². The Morgan fingerprint density at radius 1 is 1.17 bits per heavy atom. The maximum Gasteiger partial charge on any atom is 0.281 e. The highest BCUT2D eigenvalue weighted by atomic mass is 35.5. The number of ether oxygens (including phenoxy) is 1. The van der Waals surface area contributed by atoms with Gasteiger partial charge in [-0.2, -0.15) is 0 Å². The predicted molar refractivity (Wildman–Crippen MR) is 114 cm³/mol. The molecule has 0 radical (unpaired) electrons. The number of aryl methyl sites for hydroxylation is 1. The first kappa shape index (κ1) is 22.3. The number of carbonyl (C=O) groups excluding carboxylic acids is 3. The van der Waals surface area contributed by atoms with Gasteiger partial charge in [0.2, 0.25) is 0 Å². The van der Waals surface area contributed by atoms with Gasteiger partial charge in [-0.1, -0.05) is 34.5 Å². The lowest BCUT2D eigenvalue weighted by molar-refractivity contribution is -0.120. The zero-order chi connectivity index (χ0) is 21.7. The molecule has 3 amide bonds. The van der Waals surface area contributed by atoms with Gasteiger partial charge in [0.05, 0.1) is 36.0 Å². The smallest absolute Gasteiger partial charge is 0.281 e. The molecule has 0 atom stereocenters. The molecule has 1 saturated heterocycles. The van der Waals surface area contributed by atoms with Crippen LogP contribution in [0.25, 0.3) is 0 Å². The molecule has 12 heteroatoms. The van der Waals surface area contributed by atoms with Crippen LogP contribution in [0.15, 0.2) is 18.2 Å². The van der Waals surface area contributed by atoms with Crippen LogP contribution in [0.5, 0.6) is 0 Å². The number of anilines is 1. The Morgan fingerprint density at radius 2 is 1.90 bits per heavy atom. The van der Waals surface area contributed by atoms with Crippen LogP contribution in [-0.4, -0.2) is 55.6 Å². The van der Waals surface area contributed by atoms with Crippen LogP contribution in [0.1, 0.15) is 25.7 Å². The first-order valence-electron chi connectivity index (χ1n) is 8.97. The SMILES string of the molecule is Cc1nc(N2CCOCC2)sc1C(=O)NNC(=O)CNC(=O)c1ccc(Cl)cc1Cl. The van der Waals surface area contributed by atoms with Gasteiger partial charge in [0, 0.05) is 18.1 Å². The highest BCUT2D eigenvalue weighted by molar-refractivity contribution is 7.17. The van der Waals surface area contributed by atoms with E-state index in [9.17, 15) is 14.4 Å². The summed E-state index contributed by atoms with van der Waals surface area (Å²) in [6.07, 6.45) is 0. The molecule has 1 aliphatic heterocycles. The van der Waals surface area contributed by atoms with Gasteiger partial charge in [-0.25, -0.2) is 4.98 Å². The number of hydrogen-bond acceptors (Lipinski definition) is 7. The minimum absolute atomic E-state index is 0.172. The fraction of sp³-hybridized carbons (Fsp3) is 0.333. The van der Waals surface area contributed by atoms with Gasteiger partial charge < -0.3 is 15.0 Å². The second kappa shape index (κ2) is 10.1. The molecule has 9 nitrogen and oxygen atoms in total. The minimum atomic E-state index is -0.600. The molecular formula is C18H19Cl2N5O4S. The lowest BCUT2D eigenvalue weighted by atomic mass is 10.2. The summed E-state index contributed by atoms with van der Waals surface area (Å²) in [7, 11) is 0. The van der Waals surface area contributed by atoms with E-state index in [0.717, 1.165) is 5.13 Å². The van der Waals surface area contributed by atoms with Crippen LogP contribution in [0.3, 0.4) is 0 Å². The fourth-order valence-electron chi connectivity index (χ4n) is 2.64. The number of nitrogens with one attached hydrogen (secondary N) is 3. The number of morpholine rings is 1. The van der Waals surface area contributed by atoms with Gasteiger partial charge in [0.15, 0.2) is 5.13 Å². The highest BCUT2D eigenvalue weighted by Gasteiger charge is 2.21. The van der Waals surface area contributed by atoms with E-state index < -0.39 is 17.7 Å². The Labute approximate surface area is 186 Å². The van der Waals surface area contributed by atoms with Gasteiger partial charge in [0.1, 0.15) is 4.88 Å². The maximum atomic E-state index is 12.4. The molecule has 30 heavy (non-hydrogen) atoms. The molecule has 160 valence electrons. The third-order valence-corrected chi connectivity index (χ3v) is 5.94. The summed E-state index contributed by atoms with van der Waals surface area (Å²) in [5.41, 5.74) is 5.35. The number of thiazole rings is 1. The van der Waals surface area contributed by atoms with Crippen molar-refractivity contribution in [3.05, 3.63) is 44.4 Å². The summed E-state index contributed by atoms with van der Waals surface area (Å²) in [6, 6.07) is 4.41. The summed E-state index contributed by atoms with van der Waals surface area (Å²) < 4.78 is 5.32. The first-order valence-corrected chi connectivity index (χ1v) is 10.5. The average Bonchev–Trinajstić information content (AvgIpc) is 3.12. The summed E-state index contributed by atoms with van der Waals surface area (Å²) in [6.45, 7) is 4.03. The number of halogens is 2. The van der Waals surface area contributed by atoms with Crippen molar-refractivity contribution >= 4 is 57.4 Å². The number of hydrogen-bond donors (Lipinski definition) is 3. The monoisotopic (exact) mass is 471 g/mol. The van der Waals surface area contributed by atoms with Crippen molar-refractivity contribution in [2.24, 2.45) is 0 Å². The summed E-state index contributed by atoms with van der Waals surface area (Å²) in [5.74, 6) is -1.62. The Kier molecular flexibility index (Phi) is 7.48. The number of benzene rings is 1. The summed E-state index contributed by atoms with van der Waals surface area (Å²) >= 11 is 13.0. The molecule has 1 aromatic carbocycles. The van der Waals surface area contributed by atoms with Crippen molar-refractivity contribution in [2.75, 3.05) is 37.7 Å². The van der Waals surface area contributed by atoms with Crippen LogP contribution in [0.2, 0.25) is 10.0 Å². The van der Waals surface area contributed by atoms with Crippen molar-refractivity contribution in [3.63, 3.8) is 0 Å². The predicted octanol–water partition coefficient (Wildman–Crippen LogP) is 1.79. The molecule has 0 spiro atoms. The zero-order valence-corrected chi connectivity index (χ0v) is 18.3. The van der Waals surface area contributed by atoms with Gasteiger partial charge >= 0.3 is 0 Å². The number of rotatable bonds is 5. The van der Waals surface area contributed by atoms with Gasteiger partial charge in [-0.05, 0) is 25.1 Å². The first-order chi connectivity index (χ1) is 14.3. The third kappa shape index (κ3) is 5.60. The Hall–Kier alpha value is -2.40. The number of carbonyl (C=O) groups is 3. The number of nitrogens with zero attached hydrogens (tertiary/aromatic N) is 2. The van der Waals surface area contributed by atoms with E-state index in [-0.39, 0.29) is 17.1 Å². The molecule has 3 N–H and O–H groups in total. The van der Waals surface area contributed by atoms with E-state index in [0.29, 0.717) is 41.9 Å². The topological polar surface area (TPSA) is 113 Å².